The van der Waals surface area contributed by atoms with Gasteiger partial charge in [0.1, 0.15) is 0 Å². The summed E-state index contributed by atoms with van der Waals surface area (Å²) in [7, 11) is 0. The molecule has 0 aliphatic carbocycles. The molecule has 0 bridgehead atoms. The highest BCUT2D eigenvalue weighted by Crippen LogP contribution is 2.23. The van der Waals surface area contributed by atoms with E-state index in [9.17, 15) is 0 Å². The van der Waals surface area contributed by atoms with E-state index >= 15 is 0 Å². The second kappa shape index (κ2) is 7.08. The number of rotatable bonds is 7. The fourth-order valence-corrected chi connectivity index (χ4v) is 2.87. The molecule has 1 aromatic heterocycles. The molecule has 2 unspecified atom stereocenters. The predicted octanol–water partition coefficient (Wildman–Crippen LogP) is 4.68. The summed E-state index contributed by atoms with van der Waals surface area (Å²) < 4.78 is 0. The van der Waals surface area contributed by atoms with Gasteiger partial charge in [0, 0.05) is 21.8 Å². The first-order chi connectivity index (χ1) is 7.63. The highest BCUT2D eigenvalue weighted by molar-refractivity contribution is 7.12. The van der Waals surface area contributed by atoms with Crippen molar-refractivity contribution < 1.29 is 0 Å². The summed E-state index contributed by atoms with van der Waals surface area (Å²) in [6.45, 7) is 8.99. The summed E-state index contributed by atoms with van der Waals surface area (Å²) in [4.78, 5) is 2.86. The maximum absolute atomic E-state index is 3.68. The van der Waals surface area contributed by atoms with Crippen LogP contribution in [0.25, 0.3) is 0 Å². The molecule has 0 fully saturated rings. The number of hydrogen-bond donors (Lipinski definition) is 1. The van der Waals surface area contributed by atoms with Gasteiger partial charge in [0.25, 0.3) is 0 Å². The van der Waals surface area contributed by atoms with Crippen LogP contribution in [0, 0.1) is 6.92 Å². The zero-order chi connectivity index (χ0) is 12.0. The van der Waals surface area contributed by atoms with Crippen molar-refractivity contribution in [2.45, 2.75) is 65.5 Å². The van der Waals surface area contributed by atoms with Gasteiger partial charge in [-0.15, -0.1) is 11.3 Å². The maximum Gasteiger partial charge on any atom is 0.0388 e. The van der Waals surface area contributed by atoms with E-state index in [1.54, 1.807) is 0 Å². The average molecular weight is 239 g/mol. The van der Waals surface area contributed by atoms with E-state index in [-0.39, 0.29) is 0 Å². The Balaban J connectivity index is 2.30. The van der Waals surface area contributed by atoms with Crippen molar-refractivity contribution in [1.82, 2.24) is 5.32 Å². The molecule has 1 nitrogen and oxygen atoms in total. The van der Waals surface area contributed by atoms with Crippen molar-refractivity contribution in [1.29, 1.82) is 0 Å². The van der Waals surface area contributed by atoms with Gasteiger partial charge in [0.05, 0.1) is 0 Å². The molecule has 1 rings (SSSR count). The van der Waals surface area contributed by atoms with Crippen molar-refractivity contribution >= 4 is 11.3 Å². The Morgan fingerprint density at radius 1 is 1.25 bits per heavy atom. The van der Waals surface area contributed by atoms with E-state index in [2.05, 4.69) is 45.1 Å². The molecule has 2 atom stereocenters. The zero-order valence-corrected chi connectivity index (χ0v) is 11.9. The fourth-order valence-electron chi connectivity index (χ4n) is 1.98. The normalized spacial score (nSPS) is 15.0. The molecule has 0 saturated carbocycles. The van der Waals surface area contributed by atoms with Gasteiger partial charge in [-0.1, -0.05) is 26.2 Å². The summed E-state index contributed by atoms with van der Waals surface area (Å²) in [6.07, 6.45) is 5.31. The molecule has 0 amide bonds. The highest BCUT2D eigenvalue weighted by atomic mass is 32.1. The summed E-state index contributed by atoms with van der Waals surface area (Å²) in [5, 5.41) is 3.68. The molecule has 0 aliphatic heterocycles. The van der Waals surface area contributed by atoms with Crippen molar-refractivity contribution in [2.24, 2.45) is 0 Å². The van der Waals surface area contributed by atoms with Crippen molar-refractivity contribution in [3.63, 3.8) is 0 Å². The van der Waals surface area contributed by atoms with Crippen molar-refractivity contribution in [3.05, 3.63) is 21.9 Å². The Kier molecular flexibility index (Phi) is 6.07. The molecule has 16 heavy (non-hydrogen) atoms. The van der Waals surface area contributed by atoms with Crippen LogP contribution in [0.2, 0.25) is 0 Å². The molecular weight excluding hydrogens is 214 g/mol. The molecular formula is C14H25NS. The Labute approximate surface area is 104 Å². The van der Waals surface area contributed by atoms with Gasteiger partial charge in [-0.05, 0) is 39.3 Å². The van der Waals surface area contributed by atoms with Gasteiger partial charge >= 0.3 is 0 Å². The Morgan fingerprint density at radius 2 is 2.00 bits per heavy atom. The van der Waals surface area contributed by atoms with Crippen LogP contribution in [0.5, 0.6) is 0 Å². The van der Waals surface area contributed by atoms with Crippen LogP contribution in [-0.2, 0) is 0 Å². The molecule has 0 radical (unpaired) electrons. The first-order valence-corrected chi connectivity index (χ1v) is 7.27. The Bertz CT molecular complexity index is 293. The van der Waals surface area contributed by atoms with Crippen LogP contribution in [0.1, 0.15) is 62.3 Å². The predicted molar refractivity (Wildman–Crippen MR) is 74.2 cm³/mol. The molecule has 0 aliphatic rings. The van der Waals surface area contributed by atoms with Crippen molar-refractivity contribution in [3.8, 4) is 0 Å². The monoisotopic (exact) mass is 239 g/mol. The number of unbranched alkanes of at least 4 members (excludes halogenated alkanes) is 2. The molecule has 1 heterocycles. The van der Waals surface area contributed by atoms with Gasteiger partial charge in [0.15, 0.2) is 0 Å². The van der Waals surface area contributed by atoms with Gasteiger partial charge in [0.2, 0.25) is 0 Å². The number of thiophene rings is 1. The number of nitrogens with one attached hydrogen (secondary N) is 1. The van der Waals surface area contributed by atoms with Crippen LogP contribution in [0.15, 0.2) is 12.1 Å². The molecule has 0 aromatic carbocycles. The maximum atomic E-state index is 3.68. The smallest absolute Gasteiger partial charge is 0.0388 e. The Hall–Kier alpha value is -0.340. The first-order valence-electron chi connectivity index (χ1n) is 6.46. The fraction of sp³-hybridized carbons (Fsp3) is 0.714. The summed E-state index contributed by atoms with van der Waals surface area (Å²) in [5.74, 6) is 0. The molecule has 1 aromatic rings. The van der Waals surface area contributed by atoms with Crippen LogP contribution in [0.3, 0.4) is 0 Å². The van der Waals surface area contributed by atoms with E-state index in [1.807, 2.05) is 11.3 Å². The van der Waals surface area contributed by atoms with Gasteiger partial charge in [-0.25, -0.2) is 0 Å². The summed E-state index contributed by atoms with van der Waals surface area (Å²) in [6, 6.07) is 5.58. The minimum Gasteiger partial charge on any atom is -0.307 e. The van der Waals surface area contributed by atoms with Crippen LogP contribution in [-0.4, -0.2) is 6.04 Å². The third-order valence-electron chi connectivity index (χ3n) is 2.96. The average Bonchev–Trinajstić information content (AvgIpc) is 2.65. The quantitative estimate of drug-likeness (QED) is 0.681. The third kappa shape index (κ3) is 4.67. The number of aryl methyl sites for hydroxylation is 1. The van der Waals surface area contributed by atoms with E-state index in [1.165, 1.54) is 35.4 Å². The molecule has 92 valence electrons. The summed E-state index contributed by atoms with van der Waals surface area (Å²) in [5.41, 5.74) is 0. The van der Waals surface area contributed by atoms with E-state index in [0.29, 0.717) is 12.1 Å². The lowest BCUT2D eigenvalue weighted by Crippen LogP contribution is -2.28. The lowest BCUT2D eigenvalue weighted by Gasteiger charge is -2.19. The van der Waals surface area contributed by atoms with Crippen molar-refractivity contribution in [2.75, 3.05) is 0 Å². The standard InChI is InChI=1S/C14H25NS/c1-5-6-7-8-11(2)15-13(4)14-10-9-12(3)16-14/h9-11,13,15H,5-8H2,1-4H3. The zero-order valence-electron chi connectivity index (χ0n) is 11.0. The second-order valence-electron chi connectivity index (χ2n) is 4.73. The minimum atomic E-state index is 0.496. The Morgan fingerprint density at radius 3 is 2.56 bits per heavy atom. The van der Waals surface area contributed by atoms with Gasteiger partial charge < -0.3 is 5.32 Å². The largest absolute Gasteiger partial charge is 0.307 e. The molecule has 0 spiro atoms. The van der Waals surface area contributed by atoms with E-state index < -0.39 is 0 Å². The van der Waals surface area contributed by atoms with Crippen LogP contribution < -0.4 is 5.32 Å². The van der Waals surface area contributed by atoms with E-state index in [0.717, 1.165) is 0 Å². The SMILES string of the molecule is CCCCCC(C)NC(C)c1ccc(C)s1. The minimum absolute atomic E-state index is 0.496. The molecule has 0 saturated heterocycles. The third-order valence-corrected chi connectivity index (χ3v) is 4.15. The van der Waals surface area contributed by atoms with Gasteiger partial charge in [-0.2, -0.15) is 0 Å². The summed E-state index contributed by atoms with van der Waals surface area (Å²) >= 11 is 1.90. The number of hydrogen-bond acceptors (Lipinski definition) is 2. The lowest BCUT2D eigenvalue weighted by atomic mass is 10.1. The van der Waals surface area contributed by atoms with Gasteiger partial charge in [-0.3, -0.25) is 0 Å². The van der Waals surface area contributed by atoms with Crippen LogP contribution in [0.4, 0.5) is 0 Å². The van der Waals surface area contributed by atoms with Crippen LogP contribution >= 0.6 is 11.3 Å². The lowest BCUT2D eigenvalue weighted by molar-refractivity contribution is 0.443. The molecule has 1 N–H and O–H groups in total. The van der Waals surface area contributed by atoms with E-state index in [4.69, 9.17) is 0 Å². The first kappa shape index (κ1) is 13.7. The highest BCUT2D eigenvalue weighted by Gasteiger charge is 2.10. The topological polar surface area (TPSA) is 12.0 Å². The second-order valence-corrected chi connectivity index (χ2v) is 6.05. The molecule has 2 heteroatoms.